The van der Waals surface area contributed by atoms with E-state index in [0.29, 0.717) is 6.54 Å². The minimum atomic E-state index is 0.178. The van der Waals surface area contributed by atoms with E-state index < -0.39 is 0 Å². The molecule has 1 N–H and O–H groups in total. The molecule has 14 heavy (non-hydrogen) atoms. The number of benzene rings is 1. The van der Waals surface area contributed by atoms with Crippen molar-refractivity contribution in [3.63, 3.8) is 0 Å². The number of nitrogens with zero attached hydrogens (tertiary/aromatic N) is 1. The van der Waals surface area contributed by atoms with Gasteiger partial charge in [0.1, 0.15) is 0 Å². The van der Waals surface area contributed by atoms with Crippen molar-refractivity contribution in [3.8, 4) is 0 Å². The van der Waals surface area contributed by atoms with E-state index in [2.05, 4.69) is 29.8 Å². The summed E-state index contributed by atoms with van der Waals surface area (Å²) < 4.78 is 2.07. The Kier molecular flexibility index (Phi) is 2.30. The van der Waals surface area contributed by atoms with E-state index in [-0.39, 0.29) is 6.61 Å². The smallest absolute Gasteiger partial charge is 0.0610 e. The van der Waals surface area contributed by atoms with Gasteiger partial charge in [-0.2, -0.15) is 0 Å². The number of aryl methyl sites for hydroxylation is 2. The lowest BCUT2D eigenvalue weighted by Crippen LogP contribution is -1.99. The molecule has 1 aromatic heterocycles. The van der Waals surface area contributed by atoms with Crippen molar-refractivity contribution in [3.05, 3.63) is 35.5 Å². The molecular formula is C12H14NO. The maximum absolute atomic E-state index is 8.91. The van der Waals surface area contributed by atoms with E-state index in [1.807, 2.05) is 13.0 Å². The molecule has 0 saturated heterocycles. The van der Waals surface area contributed by atoms with Crippen LogP contribution in [0.4, 0.5) is 0 Å². The molecule has 1 heterocycles. The summed E-state index contributed by atoms with van der Waals surface area (Å²) in [4.78, 5) is 0. The first kappa shape index (κ1) is 9.28. The Morgan fingerprint density at radius 2 is 2.21 bits per heavy atom. The number of aromatic nitrogens is 1. The van der Waals surface area contributed by atoms with Crippen LogP contribution in [0.2, 0.25) is 0 Å². The molecule has 0 aliphatic heterocycles. The highest BCUT2D eigenvalue weighted by molar-refractivity contribution is 5.84. The maximum Gasteiger partial charge on any atom is 0.0610 e. The van der Waals surface area contributed by atoms with Gasteiger partial charge in [0.25, 0.3) is 0 Å². The largest absolute Gasteiger partial charge is 0.395 e. The van der Waals surface area contributed by atoms with Crippen molar-refractivity contribution < 1.29 is 5.11 Å². The molecule has 0 atom stereocenters. The Balaban J connectivity index is 2.65. The predicted octanol–water partition coefficient (Wildman–Crippen LogP) is 2.05. The fraction of sp³-hybridized carbons (Fsp3) is 0.333. The van der Waals surface area contributed by atoms with Crippen LogP contribution in [0.3, 0.4) is 0 Å². The molecule has 2 nitrogen and oxygen atoms in total. The van der Waals surface area contributed by atoms with Gasteiger partial charge >= 0.3 is 0 Å². The molecule has 1 aromatic carbocycles. The molecule has 2 rings (SSSR count). The van der Waals surface area contributed by atoms with E-state index >= 15 is 0 Å². The number of aliphatic hydroxyl groups is 1. The lowest BCUT2D eigenvalue weighted by Gasteiger charge is -2.01. The van der Waals surface area contributed by atoms with Crippen LogP contribution in [-0.4, -0.2) is 16.3 Å². The average molecular weight is 188 g/mol. The molecule has 0 saturated carbocycles. The third-order valence-corrected chi connectivity index (χ3v) is 2.50. The molecule has 73 valence electrons. The zero-order valence-corrected chi connectivity index (χ0v) is 8.54. The summed E-state index contributed by atoms with van der Waals surface area (Å²) in [6, 6.07) is 7.31. The van der Waals surface area contributed by atoms with Crippen molar-refractivity contribution in [2.24, 2.45) is 0 Å². The van der Waals surface area contributed by atoms with Crippen molar-refractivity contribution in [2.45, 2.75) is 20.4 Å². The first-order valence-corrected chi connectivity index (χ1v) is 4.81. The second kappa shape index (κ2) is 3.46. The zero-order valence-electron chi connectivity index (χ0n) is 8.54. The number of aliphatic hydroxyl groups excluding tert-OH is 1. The van der Waals surface area contributed by atoms with Crippen LogP contribution >= 0.6 is 0 Å². The van der Waals surface area contributed by atoms with E-state index in [0.717, 1.165) is 11.1 Å². The average Bonchev–Trinajstić information content (AvgIpc) is 2.44. The van der Waals surface area contributed by atoms with Gasteiger partial charge < -0.3 is 9.67 Å². The molecule has 2 heteroatoms. The molecule has 0 spiro atoms. The van der Waals surface area contributed by atoms with Gasteiger partial charge in [-0.05, 0) is 43.2 Å². The van der Waals surface area contributed by atoms with Crippen molar-refractivity contribution >= 4 is 10.9 Å². The maximum atomic E-state index is 8.91. The molecule has 0 aliphatic rings. The van der Waals surface area contributed by atoms with Gasteiger partial charge in [-0.15, -0.1) is 0 Å². The lowest BCUT2D eigenvalue weighted by atomic mass is 10.1. The molecule has 0 unspecified atom stereocenters. The summed E-state index contributed by atoms with van der Waals surface area (Å²) in [6.07, 6.45) is 2.08. The van der Waals surface area contributed by atoms with E-state index in [4.69, 9.17) is 5.11 Å². The summed E-state index contributed by atoms with van der Waals surface area (Å²) in [7, 11) is 0. The molecule has 0 aliphatic carbocycles. The van der Waals surface area contributed by atoms with Gasteiger partial charge in [0.15, 0.2) is 0 Å². The number of hydrogen-bond donors (Lipinski definition) is 1. The lowest BCUT2D eigenvalue weighted by molar-refractivity contribution is 0.278. The van der Waals surface area contributed by atoms with Crippen LogP contribution < -0.4 is 0 Å². The highest BCUT2D eigenvalue weighted by atomic mass is 16.3. The second-order valence-corrected chi connectivity index (χ2v) is 3.64. The molecule has 0 bridgehead atoms. The Labute approximate surface area is 83.8 Å². The van der Waals surface area contributed by atoms with Gasteiger partial charge in [-0.25, -0.2) is 0 Å². The van der Waals surface area contributed by atoms with Crippen molar-refractivity contribution in [1.82, 2.24) is 4.57 Å². The monoisotopic (exact) mass is 188 g/mol. The second-order valence-electron chi connectivity index (χ2n) is 3.64. The topological polar surface area (TPSA) is 25.2 Å². The van der Waals surface area contributed by atoms with Crippen LogP contribution in [0.5, 0.6) is 0 Å². The fourth-order valence-electron chi connectivity index (χ4n) is 1.81. The Bertz CT molecular complexity index is 457. The quantitative estimate of drug-likeness (QED) is 0.766. The van der Waals surface area contributed by atoms with E-state index in [1.165, 1.54) is 10.9 Å². The van der Waals surface area contributed by atoms with Crippen molar-refractivity contribution in [1.29, 1.82) is 0 Å². The van der Waals surface area contributed by atoms with Crippen LogP contribution in [0, 0.1) is 19.9 Å². The third-order valence-electron chi connectivity index (χ3n) is 2.50. The van der Waals surface area contributed by atoms with Crippen LogP contribution in [0.25, 0.3) is 10.9 Å². The van der Waals surface area contributed by atoms with Gasteiger partial charge in [0.2, 0.25) is 0 Å². The van der Waals surface area contributed by atoms with Gasteiger partial charge in [0.05, 0.1) is 6.61 Å². The van der Waals surface area contributed by atoms with Crippen molar-refractivity contribution in [2.75, 3.05) is 6.61 Å². The summed E-state index contributed by atoms with van der Waals surface area (Å²) in [5.41, 5.74) is 3.56. The standard InChI is InChI=1S/C12H14NO/c1-9-3-4-12-11(7-9)10(2)8-13(12)5-6-14/h4,7-8,14H,5-6H2,1-2H3. The predicted molar refractivity (Wildman–Crippen MR) is 57.3 cm³/mol. The van der Waals surface area contributed by atoms with Crippen LogP contribution in [-0.2, 0) is 6.54 Å². The fourth-order valence-corrected chi connectivity index (χ4v) is 1.81. The van der Waals surface area contributed by atoms with Gasteiger partial charge in [-0.1, -0.05) is 0 Å². The first-order valence-electron chi connectivity index (χ1n) is 4.81. The van der Waals surface area contributed by atoms with Crippen LogP contribution in [0.1, 0.15) is 11.1 Å². The van der Waals surface area contributed by atoms with Crippen LogP contribution in [0.15, 0.2) is 18.3 Å². The minimum Gasteiger partial charge on any atom is -0.395 e. The molecule has 0 amide bonds. The van der Waals surface area contributed by atoms with Gasteiger partial charge in [-0.3, -0.25) is 0 Å². The third kappa shape index (κ3) is 1.42. The number of rotatable bonds is 2. The Morgan fingerprint density at radius 1 is 1.43 bits per heavy atom. The Morgan fingerprint density at radius 3 is 2.93 bits per heavy atom. The summed E-state index contributed by atoms with van der Waals surface area (Å²) in [5, 5.41) is 10.2. The molecular weight excluding hydrogens is 174 g/mol. The number of hydrogen-bond acceptors (Lipinski definition) is 1. The highest BCUT2D eigenvalue weighted by Gasteiger charge is 2.04. The summed E-state index contributed by atoms with van der Waals surface area (Å²) >= 11 is 0. The summed E-state index contributed by atoms with van der Waals surface area (Å²) in [6.45, 7) is 4.97. The minimum absolute atomic E-state index is 0.178. The zero-order chi connectivity index (χ0) is 10.1. The molecule has 2 aromatic rings. The number of fused-ring (bicyclic) bond motifs is 1. The van der Waals surface area contributed by atoms with E-state index in [9.17, 15) is 0 Å². The molecule has 1 radical (unpaired) electrons. The Hall–Kier alpha value is -1.28. The van der Waals surface area contributed by atoms with E-state index in [1.54, 1.807) is 0 Å². The first-order chi connectivity index (χ1) is 6.72. The van der Waals surface area contributed by atoms with Gasteiger partial charge in [0, 0.05) is 23.6 Å². The highest BCUT2D eigenvalue weighted by Crippen LogP contribution is 2.21. The normalized spacial score (nSPS) is 11.1. The summed E-state index contributed by atoms with van der Waals surface area (Å²) in [5.74, 6) is 0. The SMILES string of the molecule is Cc1[c]cc2c(c1)c(C)cn2CCO. The molecule has 0 fully saturated rings.